The maximum absolute atomic E-state index is 4.33. The molecule has 1 heterocycles. The lowest BCUT2D eigenvalue weighted by Crippen LogP contribution is -2.33. The summed E-state index contributed by atoms with van der Waals surface area (Å²) in [5.41, 5.74) is 2.41. The molecule has 0 aliphatic heterocycles. The predicted molar refractivity (Wildman–Crippen MR) is 65.0 cm³/mol. The molecule has 3 atom stereocenters. The van der Waals surface area contributed by atoms with Crippen molar-refractivity contribution in [3.8, 4) is 0 Å². The minimum Gasteiger partial charge on any atom is -0.310 e. The van der Waals surface area contributed by atoms with Crippen molar-refractivity contribution in [1.82, 2.24) is 10.3 Å². The van der Waals surface area contributed by atoms with Gasteiger partial charge in [0.1, 0.15) is 0 Å². The zero-order chi connectivity index (χ0) is 11.0. The molecule has 2 bridgehead atoms. The van der Waals surface area contributed by atoms with E-state index in [-0.39, 0.29) is 0 Å². The Bertz CT molecular complexity index is 358. The fraction of sp³-hybridized carbons (Fsp3) is 0.643. The fourth-order valence-electron chi connectivity index (χ4n) is 3.35. The molecule has 1 aromatic heterocycles. The molecule has 16 heavy (non-hydrogen) atoms. The van der Waals surface area contributed by atoms with Crippen LogP contribution in [0.4, 0.5) is 0 Å². The van der Waals surface area contributed by atoms with Crippen molar-refractivity contribution in [3.05, 3.63) is 29.6 Å². The van der Waals surface area contributed by atoms with Crippen molar-refractivity contribution in [1.29, 1.82) is 0 Å². The molecular formula is C14H20N2. The molecule has 2 aliphatic carbocycles. The smallest absolute Gasteiger partial charge is 0.0372 e. The molecule has 0 amide bonds. The lowest BCUT2D eigenvalue weighted by Gasteiger charge is -2.22. The number of aromatic nitrogens is 1. The van der Waals surface area contributed by atoms with Crippen LogP contribution in [-0.2, 0) is 6.54 Å². The van der Waals surface area contributed by atoms with Crippen molar-refractivity contribution in [3.63, 3.8) is 0 Å². The lowest BCUT2D eigenvalue weighted by molar-refractivity contribution is 0.350. The van der Waals surface area contributed by atoms with Crippen LogP contribution in [0.5, 0.6) is 0 Å². The van der Waals surface area contributed by atoms with E-state index in [0.717, 1.165) is 30.1 Å². The van der Waals surface area contributed by atoms with E-state index in [4.69, 9.17) is 0 Å². The highest BCUT2D eigenvalue weighted by molar-refractivity contribution is 5.13. The number of hydrogen-bond donors (Lipinski definition) is 1. The summed E-state index contributed by atoms with van der Waals surface area (Å²) < 4.78 is 0. The zero-order valence-electron chi connectivity index (χ0n) is 9.95. The van der Waals surface area contributed by atoms with Crippen LogP contribution < -0.4 is 5.32 Å². The second-order valence-electron chi connectivity index (χ2n) is 5.47. The summed E-state index contributed by atoms with van der Waals surface area (Å²) in [6.45, 7) is 3.02. The largest absolute Gasteiger partial charge is 0.310 e. The van der Waals surface area contributed by atoms with E-state index in [0.29, 0.717) is 0 Å². The van der Waals surface area contributed by atoms with Crippen LogP contribution in [0.25, 0.3) is 0 Å². The van der Waals surface area contributed by atoms with Gasteiger partial charge in [-0.2, -0.15) is 0 Å². The number of aryl methyl sites for hydroxylation is 1. The van der Waals surface area contributed by atoms with Gasteiger partial charge in [-0.15, -0.1) is 0 Å². The molecule has 3 rings (SSSR count). The number of nitrogens with one attached hydrogen (secondary N) is 1. The Morgan fingerprint density at radius 1 is 1.31 bits per heavy atom. The third-order valence-electron chi connectivity index (χ3n) is 4.28. The third-order valence-corrected chi connectivity index (χ3v) is 4.28. The van der Waals surface area contributed by atoms with Gasteiger partial charge in [-0.05, 0) is 49.7 Å². The summed E-state index contributed by atoms with van der Waals surface area (Å²) in [5, 5.41) is 3.71. The monoisotopic (exact) mass is 216 g/mol. The molecule has 2 saturated carbocycles. The van der Waals surface area contributed by atoms with Crippen LogP contribution in [0.1, 0.15) is 36.9 Å². The molecule has 86 valence electrons. The predicted octanol–water partition coefficient (Wildman–Crippen LogP) is 2.67. The van der Waals surface area contributed by atoms with Crippen molar-refractivity contribution in [2.24, 2.45) is 11.8 Å². The minimum absolute atomic E-state index is 0.778. The average Bonchev–Trinajstić information content (AvgIpc) is 2.90. The molecule has 2 heteroatoms. The van der Waals surface area contributed by atoms with Crippen LogP contribution >= 0.6 is 0 Å². The van der Waals surface area contributed by atoms with Crippen LogP contribution in [0.3, 0.4) is 0 Å². The second kappa shape index (κ2) is 4.17. The minimum atomic E-state index is 0.778. The topological polar surface area (TPSA) is 24.9 Å². The highest BCUT2D eigenvalue weighted by atomic mass is 14.9. The maximum Gasteiger partial charge on any atom is 0.0372 e. The summed E-state index contributed by atoms with van der Waals surface area (Å²) >= 11 is 0. The van der Waals surface area contributed by atoms with Gasteiger partial charge in [-0.25, -0.2) is 0 Å². The standard InChI is InChI=1S/C14H20N2/c1-10-2-3-12(8-15-10)9-16-14-7-11-4-5-13(14)6-11/h2-3,8,11,13-14,16H,4-7,9H2,1H3. The van der Waals surface area contributed by atoms with E-state index in [1.54, 1.807) is 0 Å². The first kappa shape index (κ1) is 10.3. The van der Waals surface area contributed by atoms with Gasteiger partial charge >= 0.3 is 0 Å². The summed E-state index contributed by atoms with van der Waals surface area (Å²) in [6, 6.07) is 5.06. The zero-order valence-corrected chi connectivity index (χ0v) is 9.95. The van der Waals surface area contributed by atoms with Gasteiger partial charge < -0.3 is 5.32 Å². The highest BCUT2D eigenvalue weighted by Crippen LogP contribution is 2.44. The van der Waals surface area contributed by atoms with Crippen LogP contribution in [0.15, 0.2) is 18.3 Å². The molecule has 0 radical (unpaired) electrons. The van der Waals surface area contributed by atoms with E-state index in [2.05, 4.69) is 22.4 Å². The van der Waals surface area contributed by atoms with Gasteiger partial charge in [0.2, 0.25) is 0 Å². The third kappa shape index (κ3) is 1.99. The Morgan fingerprint density at radius 2 is 2.25 bits per heavy atom. The van der Waals surface area contributed by atoms with Crippen molar-refractivity contribution >= 4 is 0 Å². The van der Waals surface area contributed by atoms with Gasteiger partial charge in [0.15, 0.2) is 0 Å². The van der Waals surface area contributed by atoms with Gasteiger partial charge in [0.25, 0.3) is 0 Å². The summed E-state index contributed by atoms with van der Waals surface area (Å²) in [5.74, 6) is 1.99. The molecule has 1 N–H and O–H groups in total. The highest BCUT2D eigenvalue weighted by Gasteiger charge is 2.38. The molecule has 1 aromatic rings. The number of rotatable bonds is 3. The van der Waals surface area contributed by atoms with E-state index in [1.807, 2.05) is 13.1 Å². The second-order valence-corrected chi connectivity index (χ2v) is 5.47. The molecular weight excluding hydrogens is 196 g/mol. The molecule has 0 saturated heterocycles. The van der Waals surface area contributed by atoms with E-state index in [1.165, 1.54) is 31.2 Å². The van der Waals surface area contributed by atoms with Gasteiger partial charge in [-0.1, -0.05) is 12.5 Å². The normalized spacial score (nSPS) is 32.2. The molecule has 0 aromatic carbocycles. The van der Waals surface area contributed by atoms with E-state index >= 15 is 0 Å². The average molecular weight is 216 g/mol. The van der Waals surface area contributed by atoms with Crippen molar-refractivity contribution < 1.29 is 0 Å². The number of pyridine rings is 1. The van der Waals surface area contributed by atoms with Crippen LogP contribution in [0, 0.1) is 18.8 Å². The van der Waals surface area contributed by atoms with E-state index < -0.39 is 0 Å². The Hall–Kier alpha value is -0.890. The van der Waals surface area contributed by atoms with Gasteiger partial charge in [0.05, 0.1) is 0 Å². The van der Waals surface area contributed by atoms with Crippen LogP contribution in [-0.4, -0.2) is 11.0 Å². The Kier molecular flexibility index (Phi) is 2.68. The van der Waals surface area contributed by atoms with Crippen molar-refractivity contribution in [2.45, 2.75) is 45.2 Å². The molecule has 0 spiro atoms. The maximum atomic E-state index is 4.33. The van der Waals surface area contributed by atoms with Crippen LogP contribution in [0.2, 0.25) is 0 Å². The number of fused-ring (bicyclic) bond motifs is 2. The molecule has 2 fully saturated rings. The molecule has 3 unspecified atom stereocenters. The first-order valence-corrected chi connectivity index (χ1v) is 6.46. The Balaban J connectivity index is 1.55. The summed E-state index contributed by atoms with van der Waals surface area (Å²) in [6.07, 6.45) is 7.81. The Morgan fingerprint density at radius 3 is 2.88 bits per heavy atom. The van der Waals surface area contributed by atoms with E-state index in [9.17, 15) is 0 Å². The Labute approximate surface area is 97.5 Å². The summed E-state index contributed by atoms with van der Waals surface area (Å²) in [7, 11) is 0. The van der Waals surface area contributed by atoms with Gasteiger partial charge in [-0.3, -0.25) is 4.98 Å². The number of nitrogens with zero attached hydrogens (tertiary/aromatic N) is 1. The molecule has 2 nitrogen and oxygen atoms in total. The lowest BCUT2D eigenvalue weighted by atomic mass is 9.95. The SMILES string of the molecule is Cc1ccc(CNC2CC3CCC2C3)cn1. The number of hydrogen-bond acceptors (Lipinski definition) is 2. The van der Waals surface area contributed by atoms with Gasteiger partial charge in [0, 0.05) is 24.5 Å². The first-order chi connectivity index (χ1) is 7.81. The van der Waals surface area contributed by atoms with Crippen molar-refractivity contribution in [2.75, 3.05) is 0 Å². The quantitative estimate of drug-likeness (QED) is 0.840. The summed E-state index contributed by atoms with van der Waals surface area (Å²) in [4.78, 5) is 4.33. The first-order valence-electron chi connectivity index (χ1n) is 6.46. The fourth-order valence-corrected chi connectivity index (χ4v) is 3.35. The molecule has 2 aliphatic rings.